The Kier molecular flexibility index (Phi) is 3.07. The number of ether oxygens (including phenoxy) is 2. The monoisotopic (exact) mass is 289 g/mol. The van der Waals surface area contributed by atoms with Crippen molar-refractivity contribution in [3.05, 3.63) is 29.3 Å². The maximum atomic E-state index is 12.4. The van der Waals surface area contributed by atoms with Crippen LogP contribution in [0, 0.1) is 0 Å². The summed E-state index contributed by atoms with van der Waals surface area (Å²) in [7, 11) is -3.47. The number of benzene rings is 1. The van der Waals surface area contributed by atoms with Crippen molar-refractivity contribution in [2.24, 2.45) is 0 Å². The fourth-order valence-corrected chi connectivity index (χ4v) is 4.07. The number of rotatable bonds is 2. The van der Waals surface area contributed by atoms with E-state index in [0.717, 1.165) is 0 Å². The van der Waals surface area contributed by atoms with Crippen LogP contribution >= 0.6 is 11.6 Å². The van der Waals surface area contributed by atoms with Crippen molar-refractivity contribution >= 4 is 21.6 Å². The average molecular weight is 290 g/mol. The van der Waals surface area contributed by atoms with Crippen molar-refractivity contribution in [1.29, 1.82) is 0 Å². The van der Waals surface area contributed by atoms with Crippen molar-refractivity contribution < 1.29 is 17.9 Å². The van der Waals surface area contributed by atoms with Crippen LogP contribution in [-0.4, -0.2) is 44.8 Å². The van der Waals surface area contributed by atoms with Crippen LogP contribution in [-0.2, 0) is 19.5 Å². The fourth-order valence-electron chi connectivity index (χ4n) is 2.16. The van der Waals surface area contributed by atoms with Crippen LogP contribution in [0.1, 0.15) is 0 Å². The summed E-state index contributed by atoms with van der Waals surface area (Å²) in [5.74, 6) is 0. The average Bonchev–Trinajstić information content (AvgIpc) is 3.04. The summed E-state index contributed by atoms with van der Waals surface area (Å²) in [6, 6.07) is 5.96. The first-order valence-electron chi connectivity index (χ1n) is 5.55. The molecular weight excluding hydrogens is 278 g/mol. The molecule has 18 heavy (non-hydrogen) atoms. The molecule has 0 aliphatic carbocycles. The Morgan fingerprint density at radius 1 is 1.11 bits per heavy atom. The molecule has 1 unspecified atom stereocenters. The fraction of sp³-hybridized carbons (Fsp3) is 0.455. The van der Waals surface area contributed by atoms with E-state index in [2.05, 4.69) is 0 Å². The topological polar surface area (TPSA) is 55.6 Å². The molecule has 3 atom stereocenters. The van der Waals surface area contributed by atoms with Gasteiger partial charge in [0.2, 0.25) is 10.0 Å². The lowest BCUT2D eigenvalue weighted by molar-refractivity contribution is -0.0436. The summed E-state index contributed by atoms with van der Waals surface area (Å²) in [5, 5.41) is 0.514. The maximum Gasteiger partial charge on any atom is 0.243 e. The minimum absolute atomic E-state index is 0.104. The van der Waals surface area contributed by atoms with Gasteiger partial charge in [0.1, 0.15) is 6.79 Å². The van der Waals surface area contributed by atoms with Gasteiger partial charge in [-0.15, -0.1) is 0 Å². The van der Waals surface area contributed by atoms with Crippen molar-refractivity contribution in [2.75, 3.05) is 20.0 Å². The summed E-state index contributed by atoms with van der Waals surface area (Å²) in [6.45, 7) is 1.01. The van der Waals surface area contributed by atoms with Gasteiger partial charge in [0.25, 0.3) is 0 Å². The molecule has 5 nitrogen and oxygen atoms in total. The highest BCUT2D eigenvalue weighted by Crippen LogP contribution is 2.37. The van der Waals surface area contributed by atoms with Gasteiger partial charge in [-0.1, -0.05) is 11.6 Å². The van der Waals surface area contributed by atoms with Gasteiger partial charge < -0.3 is 9.47 Å². The lowest BCUT2D eigenvalue weighted by Gasteiger charge is -2.09. The first kappa shape index (κ1) is 12.4. The van der Waals surface area contributed by atoms with E-state index in [1.54, 1.807) is 12.1 Å². The summed E-state index contributed by atoms with van der Waals surface area (Å²) in [5.41, 5.74) is 0. The van der Waals surface area contributed by atoms with Crippen molar-refractivity contribution in [2.45, 2.75) is 17.0 Å². The molecule has 0 radical (unpaired) electrons. The Morgan fingerprint density at radius 2 is 1.67 bits per heavy atom. The number of sulfonamides is 1. The lowest BCUT2D eigenvalue weighted by atomic mass is 10.3. The molecule has 0 aromatic heterocycles. The van der Waals surface area contributed by atoms with Crippen molar-refractivity contribution in [1.82, 2.24) is 4.31 Å². The van der Waals surface area contributed by atoms with Crippen LogP contribution in [0.4, 0.5) is 0 Å². The molecule has 0 saturated carbocycles. The van der Waals surface area contributed by atoms with Gasteiger partial charge in [0, 0.05) is 5.02 Å². The summed E-state index contributed by atoms with van der Waals surface area (Å²) >= 11 is 5.75. The third kappa shape index (κ3) is 2.04. The van der Waals surface area contributed by atoms with Crippen molar-refractivity contribution in [3.8, 4) is 0 Å². The second-order valence-corrected chi connectivity index (χ2v) is 6.56. The third-order valence-electron chi connectivity index (χ3n) is 3.14. The maximum absolute atomic E-state index is 12.4. The van der Waals surface area contributed by atoms with E-state index in [0.29, 0.717) is 18.2 Å². The molecule has 0 bridgehead atoms. The Labute approximate surface area is 110 Å². The van der Waals surface area contributed by atoms with E-state index in [-0.39, 0.29) is 23.8 Å². The van der Waals surface area contributed by atoms with E-state index >= 15 is 0 Å². The molecule has 2 saturated heterocycles. The van der Waals surface area contributed by atoms with Gasteiger partial charge in [-0.25, -0.2) is 8.42 Å². The van der Waals surface area contributed by atoms with Crippen LogP contribution in [0.25, 0.3) is 0 Å². The number of hydrogen-bond donors (Lipinski definition) is 0. The molecule has 0 spiro atoms. The molecule has 98 valence electrons. The molecule has 3 rings (SSSR count). The van der Waals surface area contributed by atoms with Crippen LogP contribution in [0.15, 0.2) is 29.2 Å². The smallest absolute Gasteiger partial charge is 0.243 e. The zero-order valence-corrected chi connectivity index (χ0v) is 11.0. The zero-order chi connectivity index (χ0) is 12.8. The molecule has 2 aliphatic rings. The highest BCUT2D eigenvalue weighted by molar-refractivity contribution is 7.89. The number of halogens is 1. The Bertz CT molecular complexity index is 533. The van der Waals surface area contributed by atoms with Gasteiger partial charge in [0.05, 0.1) is 30.2 Å². The Morgan fingerprint density at radius 3 is 2.22 bits per heavy atom. The standard InChI is InChI=1S/C11H12ClNO4S/c12-8-1-3-9(4-2-8)18(14,15)13-10-5-16-7-17-6-11(10)13/h1-4,10-11H,5-7H2/t10-,11+,13?. The van der Waals surface area contributed by atoms with Gasteiger partial charge in [-0.05, 0) is 24.3 Å². The van der Waals surface area contributed by atoms with Gasteiger partial charge in [0.15, 0.2) is 0 Å². The lowest BCUT2D eigenvalue weighted by Crippen LogP contribution is -2.20. The molecule has 2 heterocycles. The second-order valence-electron chi connectivity index (χ2n) is 4.28. The predicted molar refractivity (Wildman–Crippen MR) is 64.8 cm³/mol. The van der Waals surface area contributed by atoms with Gasteiger partial charge in [-0.3, -0.25) is 0 Å². The van der Waals surface area contributed by atoms with Crippen LogP contribution in [0.3, 0.4) is 0 Å². The molecule has 2 fully saturated rings. The molecule has 0 amide bonds. The normalized spacial score (nSPS) is 31.5. The predicted octanol–water partition coefficient (Wildman–Crippen LogP) is 1.09. The number of nitrogens with zero attached hydrogens (tertiary/aromatic N) is 1. The minimum Gasteiger partial charge on any atom is -0.354 e. The first-order chi connectivity index (χ1) is 8.60. The van der Waals surface area contributed by atoms with E-state index in [1.807, 2.05) is 0 Å². The number of fused-ring (bicyclic) bond motifs is 1. The molecule has 0 N–H and O–H groups in total. The van der Waals surface area contributed by atoms with Crippen molar-refractivity contribution in [3.63, 3.8) is 0 Å². The molecular formula is C11H12ClNO4S. The van der Waals surface area contributed by atoms with E-state index < -0.39 is 10.0 Å². The first-order valence-corrected chi connectivity index (χ1v) is 7.37. The zero-order valence-electron chi connectivity index (χ0n) is 9.45. The summed E-state index contributed by atoms with van der Waals surface area (Å²) in [6.07, 6.45) is 0. The Hall–Kier alpha value is -0.660. The molecule has 7 heteroatoms. The minimum atomic E-state index is -3.47. The molecule has 1 aromatic rings. The summed E-state index contributed by atoms with van der Waals surface area (Å²) in [4.78, 5) is 0.250. The van der Waals surface area contributed by atoms with Gasteiger partial charge in [-0.2, -0.15) is 4.31 Å². The highest BCUT2D eigenvalue weighted by Gasteiger charge is 2.56. The van der Waals surface area contributed by atoms with Crippen LogP contribution < -0.4 is 0 Å². The SMILES string of the molecule is O=S(=O)(c1ccc(Cl)cc1)N1[C@@H]2COCOC[C@@H]21. The summed E-state index contributed by atoms with van der Waals surface area (Å²) < 4.78 is 36.5. The quantitative estimate of drug-likeness (QED) is 0.765. The van der Waals surface area contributed by atoms with Crippen LogP contribution in [0.2, 0.25) is 5.02 Å². The third-order valence-corrected chi connectivity index (χ3v) is 5.36. The molecule has 1 aromatic carbocycles. The number of hydrogen-bond acceptors (Lipinski definition) is 4. The van der Waals surface area contributed by atoms with Gasteiger partial charge >= 0.3 is 0 Å². The van der Waals surface area contributed by atoms with E-state index in [4.69, 9.17) is 21.1 Å². The Balaban J connectivity index is 1.86. The second kappa shape index (κ2) is 4.47. The largest absolute Gasteiger partial charge is 0.354 e. The van der Waals surface area contributed by atoms with E-state index in [9.17, 15) is 8.42 Å². The highest BCUT2D eigenvalue weighted by atomic mass is 35.5. The van der Waals surface area contributed by atoms with E-state index in [1.165, 1.54) is 16.4 Å². The molecule has 2 aliphatic heterocycles. The van der Waals surface area contributed by atoms with Crippen LogP contribution in [0.5, 0.6) is 0 Å².